The van der Waals surface area contributed by atoms with E-state index in [1.165, 1.54) is 12.1 Å². The van der Waals surface area contributed by atoms with Gasteiger partial charge in [0, 0.05) is 25.7 Å². The molecule has 3 amide bonds. The molecule has 0 bridgehead atoms. The van der Waals surface area contributed by atoms with E-state index in [9.17, 15) is 14.0 Å². The van der Waals surface area contributed by atoms with Crippen molar-refractivity contribution in [1.82, 2.24) is 15.5 Å². The van der Waals surface area contributed by atoms with Gasteiger partial charge in [-0.05, 0) is 36.0 Å². The van der Waals surface area contributed by atoms with Gasteiger partial charge in [-0.2, -0.15) is 0 Å². The van der Waals surface area contributed by atoms with Gasteiger partial charge in [0.05, 0.1) is 6.42 Å². The predicted molar refractivity (Wildman–Crippen MR) is 95.7 cm³/mol. The highest BCUT2D eigenvalue weighted by molar-refractivity contribution is 5.79. The third kappa shape index (κ3) is 6.72. The Hall–Kier alpha value is -2.11. The van der Waals surface area contributed by atoms with Crippen LogP contribution in [-0.4, -0.2) is 42.5 Å². The topological polar surface area (TPSA) is 61.4 Å². The van der Waals surface area contributed by atoms with Gasteiger partial charge in [-0.25, -0.2) is 9.18 Å². The number of carbonyl (C=O) groups is 2. The summed E-state index contributed by atoms with van der Waals surface area (Å²) in [6.07, 6.45) is 1.68. The molecule has 0 spiro atoms. The van der Waals surface area contributed by atoms with E-state index < -0.39 is 0 Å². The van der Waals surface area contributed by atoms with E-state index in [0.29, 0.717) is 25.2 Å². The summed E-state index contributed by atoms with van der Waals surface area (Å²) in [6, 6.07) is 6.07. The molecule has 0 aromatic heterocycles. The second-order valence-electron chi connectivity index (χ2n) is 7.85. The SMILES string of the molecule is CC(C)(C)CNC(=O)NC1CCN(C(=O)Cc2cccc(F)c2)CC1. The molecule has 1 aromatic rings. The van der Waals surface area contributed by atoms with E-state index in [-0.39, 0.29) is 35.6 Å². The maximum Gasteiger partial charge on any atom is 0.315 e. The van der Waals surface area contributed by atoms with Gasteiger partial charge in [-0.15, -0.1) is 0 Å². The molecule has 1 aliphatic rings. The predicted octanol–water partition coefficient (Wildman–Crippen LogP) is 2.70. The zero-order valence-corrected chi connectivity index (χ0v) is 15.3. The highest BCUT2D eigenvalue weighted by Crippen LogP contribution is 2.14. The Morgan fingerprint density at radius 3 is 2.52 bits per heavy atom. The third-order valence-electron chi connectivity index (χ3n) is 4.21. The minimum Gasteiger partial charge on any atom is -0.342 e. The van der Waals surface area contributed by atoms with Crippen LogP contribution < -0.4 is 10.6 Å². The fourth-order valence-corrected chi connectivity index (χ4v) is 2.79. The van der Waals surface area contributed by atoms with Crippen molar-refractivity contribution < 1.29 is 14.0 Å². The number of carbonyl (C=O) groups excluding carboxylic acids is 2. The molecule has 0 aliphatic carbocycles. The van der Waals surface area contributed by atoms with Crippen LogP contribution in [0.15, 0.2) is 24.3 Å². The largest absolute Gasteiger partial charge is 0.342 e. The van der Waals surface area contributed by atoms with Gasteiger partial charge in [-0.3, -0.25) is 4.79 Å². The summed E-state index contributed by atoms with van der Waals surface area (Å²) in [6.45, 7) is 8.03. The first kappa shape index (κ1) is 19.2. The van der Waals surface area contributed by atoms with Crippen molar-refractivity contribution in [2.24, 2.45) is 5.41 Å². The Balaban J connectivity index is 1.73. The maximum absolute atomic E-state index is 13.2. The van der Waals surface area contributed by atoms with Crippen molar-refractivity contribution in [1.29, 1.82) is 0 Å². The molecule has 1 heterocycles. The molecule has 0 radical (unpaired) electrons. The van der Waals surface area contributed by atoms with Crippen molar-refractivity contribution in [2.75, 3.05) is 19.6 Å². The molecule has 1 fully saturated rings. The number of nitrogens with zero attached hydrogens (tertiary/aromatic N) is 1. The lowest BCUT2D eigenvalue weighted by Gasteiger charge is -2.32. The summed E-state index contributed by atoms with van der Waals surface area (Å²) in [5, 5.41) is 5.85. The van der Waals surface area contributed by atoms with Crippen molar-refractivity contribution in [3.63, 3.8) is 0 Å². The minimum atomic E-state index is -0.325. The Kier molecular flexibility index (Phi) is 6.39. The standard InChI is InChI=1S/C19H28FN3O2/c1-19(2,3)13-21-18(25)22-16-7-9-23(10-8-16)17(24)12-14-5-4-6-15(20)11-14/h4-6,11,16H,7-10,12-13H2,1-3H3,(H2,21,22,25). The zero-order valence-electron chi connectivity index (χ0n) is 15.3. The van der Waals surface area contributed by atoms with Crippen LogP contribution in [0.5, 0.6) is 0 Å². The van der Waals surface area contributed by atoms with Gasteiger partial charge in [0.25, 0.3) is 0 Å². The lowest BCUT2D eigenvalue weighted by Crippen LogP contribution is -2.50. The Bertz CT molecular complexity index is 605. The summed E-state index contributed by atoms with van der Waals surface area (Å²) in [5.74, 6) is -0.323. The van der Waals surface area contributed by atoms with Crippen molar-refractivity contribution in [3.8, 4) is 0 Å². The smallest absolute Gasteiger partial charge is 0.315 e. The maximum atomic E-state index is 13.2. The monoisotopic (exact) mass is 349 g/mol. The molecule has 0 atom stereocenters. The number of hydrogen-bond donors (Lipinski definition) is 2. The molecule has 25 heavy (non-hydrogen) atoms. The normalized spacial score (nSPS) is 15.8. The first-order valence-electron chi connectivity index (χ1n) is 8.79. The third-order valence-corrected chi connectivity index (χ3v) is 4.21. The number of piperidine rings is 1. The quantitative estimate of drug-likeness (QED) is 0.878. The van der Waals surface area contributed by atoms with E-state index in [1.54, 1.807) is 17.0 Å². The van der Waals surface area contributed by atoms with Crippen LogP contribution in [0.1, 0.15) is 39.2 Å². The molecule has 0 unspecified atom stereocenters. The first-order chi connectivity index (χ1) is 11.7. The van der Waals surface area contributed by atoms with Crippen molar-refractivity contribution in [3.05, 3.63) is 35.6 Å². The summed E-state index contributed by atoms with van der Waals surface area (Å²) in [5.41, 5.74) is 0.733. The fraction of sp³-hybridized carbons (Fsp3) is 0.579. The molecule has 1 aromatic carbocycles. The molecule has 6 heteroatoms. The summed E-state index contributed by atoms with van der Waals surface area (Å²) in [7, 11) is 0. The van der Waals surface area contributed by atoms with Gasteiger partial charge >= 0.3 is 6.03 Å². The van der Waals surface area contributed by atoms with Crippen LogP contribution in [0.4, 0.5) is 9.18 Å². The lowest BCUT2D eigenvalue weighted by molar-refractivity contribution is -0.131. The van der Waals surface area contributed by atoms with Crippen LogP contribution >= 0.6 is 0 Å². The van der Waals surface area contributed by atoms with E-state index in [2.05, 4.69) is 31.4 Å². The van der Waals surface area contributed by atoms with Crippen molar-refractivity contribution in [2.45, 2.75) is 46.1 Å². The fourth-order valence-electron chi connectivity index (χ4n) is 2.79. The molecule has 2 N–H and O–H groups in total. The number of benzene rings is 1. The molecule has 138 valence electrons. The summed E-state index contributed by atoms with van der Waals surface area (Å²) < 4.78 is 13.2. The number of likely N-dealkylation sites (tertiary alicyclic amines) is 1. The molecular weight excluding hydrogens is 321 g/mol. The molecule has 2 rings (SSSR count). The van der Waals surface area contributed by atoms with Gasteiger partial charge in [-0.1, -0.05) is 32.9 Å². The lowest BCUT2D eigenvalue weighted by atomic mass is 9.97. The van der Waals surface area contributed by atoms with Gasteiger partial charge < -0.3 is 15.5 Å². The Labute approximate surface area is 149 Å². The molecule has 5 nitrogen and oxygen atoms in total. The van der Waals surface area contributed by atoms with Gasteiger partial charge in [0.2, 0.25) is 5.91 Å². The Morgan fingerprint density at radius 1 is 1.24 bits per heavy atom. The molecule has 1 saturated heterocycles. The average molecular weight is 349 g/mol. The van der Waals surface area contributed by atoms with Crippen LogP contribution in [-0.2, 0) is 11.2 Å². The minimum absolute atomic E-state index is 0.00114. The van der Waals surface area contributed by atoms with E-state index in [1.807, 2.05) is 0 Å². The van der Waals surface area contributed by atoms with Gasteiger partial charge in [0.1, 0.15) is 5.82 Å². The number of urea groups is 1. The van der Waals surface area contributed by atoms with Crippen LogP contribution in [0.25, 0.3) is 0 Å². The Morgan fingerprint density at radius 2 is 1.92 bits per heavy atom. The van der Waals surface area contributed by atoms with E-state index in [4.69, 9.17) is 0 Å². The second-order valence-corrected chi connectivity index (χ2v) is 7.85. The zero-order chi connectivity index (χ0) is 18.4. The van der Waals surface area contributed by atoms with Crippen LogP contribution in [0, 0.1) is 11.2 Å². The number of rotatable bonds is 4. The number of nitrogens with one attached hydrogen (secondary N) is 2. The molecule has 1 aliphatic heterocycles. The molecular formula is C19H28FN3O2. The van der Waals surface area contributed by atoms with Gasteiger partial charge in [0.15, 0.2) is 0 Å². The summed E-state index contributed by atoms with van der Waals surface area (Å²) >= 11 is 0. The number of amides is 3. The average Bonchev–Trinajstić information content (AvgIpc) is 2.53. The number of halogens is 1. The van der Waals surface area contributed by atoms with Crippen LogP contribution in [0.2, 0.25) is 0 Å². The van der Waals surface area contributed by atoms with Crippen LogP contribution in [0.3, 0.4) is 0 Å². The first-order valence-corrected chi connectivity index (χ1v) is 8.79. The van der Waals surface area contributed by atoms with E-state index in [0.717, 1.165) is 12.8 Å². The summed E-state index contributed by atoms with van der Waals surface area (Å²) in [4.78, 5) is 26.0. The highest BCUT2D eigenvalue weighted by Gasteiger charge is 2.24. The van der Waals surface area contributed by atoms with Crippen molar-refractivity contribution >= 4 is 11.9 Å². The second kappa shape index (κ2) is 8.32. The van der Waals surface area contributed by atoms with E-state index >= 15 is 0 Å². The highest BCUT2D eigenvalue weighted by atomic mass is 19.1. The molecule has 0 saturated carbocycles. The number of hydrogen-bond acceptors (Lipinski definition) is 2.